The van der Waals surface area contributed by atoms with Gasteiger partial charge in [-0.1, -0.05) is 60.7 Å². The fraction of sp³-hybridized carbons (Fsp3) is 0.235. The van der Waals surface area contributed by atoms with Crippen molar-refractivity contribution in [3.05, 3.63) is 71.8 Å². The van der Waals surface area contributed by atoms with Crippen LogP contribution in [0.2, 0.25) is 0 Å². The van der Waals surface area contributed by atoms with Crippen molar-refractivity contribution in [1.82, 2.24) is 10.2 Å². The predicted octanol–water partition coefficient (Wildman–Crippen LogP) is 1.74. The highest BCUT2D eigenvalue weighted by Gasteiger charge is 2.67. The van der Waals surface area contributed by atoms with Crippen LogP contribution in [-0.4, -0.2) is 29.2 Å². The van der Waals surface area contributed by atoms with Crippen molar-refractivity contribution in [2.45, 2.75) is 11.4 Å². The Morgan fingerprint density at radius 3 is 2.23 bits per heavy atom. The molecule has 0 bridgehead atoms. The van der Waals surface area contributed by atoms with Crippen LogP contribution in [-0.2, 0) is 16.2 Å². The van der Waals surface area contributed by atoms with Gasteiger partial charge in [0.15, 0.2) is 0 Å². The van der Waals surface area contributed by atoms with E-state index >= 15 is 0 Å². The fourth-order valence-electron chi connectivity index (χ4n) is 3.43. The van der Waals surface area contributed by atoms with Gasteiger partial charge >= 0.3 is 6.03 Å². The molecule has 0 aromatic heterocycles. The zero-order chi connectivity index (χ0) is 15.2. The van der Waals surface area contributed by atoms with Gasteiger partial charge in [0.25, 0.3) is 0 Å². The van der Waals surface area contributed by atoms with Gasteiger partial charge in [-0.3, -0.25) is 4.90 Å². The van der Waals surface area contributed by atoms with E-state index in [-0.39, 0.29) is 6.03 Å². The van der Waals surface area contributed by atoms with Crippen LogP contribution in [0.5, 0.6) is 0 Å². The third-order valence-corrected chi connectivity index (χ3v) is 4.39. The minimum absolute atomic E-state index is 0.326. The Kier molecular flexibility index (Phi) is 2.76. The van der Waals surface area contributed by atoms with Gasteiger partial charge < -0.3 is 15.2 Å². The topological polar surface area (TPSA) is 61.8 Å². The minimum atomic E-state index is -1.64. The van der Waals surface area contributed by atoms with Gasteiger partial charge in [-0.2, -0.15) is 0 Å². The number of urea groups is 1. The van der Waals surface area contributed by atoms with E-state index in [1.807, 2.05) is 48.5 Å². The summed E-state index contributed by atoms with van der Waals surface area (Å²) >= 11 is 0. The van der Waals surface area contributed by atoms with E-state index < -0.39 is 11.4 Å². The van der Waals surface area contributed by atoms with Gasteiger partial charge in [-0.25, -0.2) is 4.79 Å². The number of hydrogen-bond donors (Lipinski definition) is 2. The molecule has 2 fully saturated rings. The molecule has 2 unspecified atom stereocenters. The number of rotatable bonds is 2. The molecule has 0 radical (unpaired) electrons. The monoisotopic (exact) mass is 296 g/mol. The van der Waals surface area contributed by atoms with Crippen molar-refractivity contribution < 1.29 is 14.6 Å². The lowest BCUT2D eigenvalue weighted by Crippen LogP contribution is -2.55. The van der Waals surface area contributed by atoms with Crippen molar-refractivity contribution in [3.8, 4) is 0 Å². The Bertz CT molecular complexity index is 706. The number of carbonyl (C=O) groups excluding carboxylic acids is 1. The molecule has 2 heterocycles. The van der Waals surface area contributed by atoms with Gasteiger partial charge in [-0.15, -0.1) is 0 Å². The number of nitrogens with zero attached hydrogens (tertiary/aromatic N) is 1. The summed E-state index contributed by atoms with van der Waals surface area (Å²) in [5, 5.41) is 14.1. The van der Waals surface area contributed by atoms with Gasteiger partial charge in [0.05, 0.1) is 6.61 Å². The number of aliphatic hydroxyl groups is 1. The second kappa shape index (κ2) is 4.56. The van der Waals surface area contributed by atoms with Crippen LogP contribution in [0, 0.1) is 0 Å². The van der Waals surface area contributed by atoms with Crippen molar-refractivity contribution in [1.29, 1.82) is 0 Å². The second-order valence-electron chi connectivity index (χ2n) is 5.52. The highest BCUT2D eigenvalue weighted by Crippen LogP contribution is 2.50. The molecule has 2 aliphatic rings. The highest BCUT2D eigenvalue weighted by atomic mass is 16.6. The fourth-order valence-corrected chi connectivity index (χ4v) is 3.43. The maximum Gasteiger partial charge on any atom is 0.322 e. The van der Waals surface area contributed by atoms with E-state index in [0.29, 0.717) is 18.7 Å². The molecule has 5 heteroatoms. The molecule has 0 saturated carbocycles. The lowest BCUT2D eigenvalue weighted by molar-refractivity contribution is -0.203. The van der Waals surface area contributed by atoms with E-state index in [2.05, 4.69) is 5.32 Å². The summed E-state index contributed by atoms with van der Waals surface area (Å²) in [5.41, 5.74) is -1.54. The molecule has 0 spiro atoms. The number of carbonyl (C=O) groups is 1. The van der Waals surface area contributed by atoms with Crippen molar-refractivity contribution in [3.63, 3.8) is 0 Å². The van der Waals surface area contributed by atoms with E-state index in [1.165, 1.54) is 0 Å². The van der Waals surface area contributed by atoms with Gasteiger partial charge in [0, 0.05) is 17.7 Å². The summed E-state index contributed by atoms with van der Waals surface area (Å²) < 4.78 is 5.98. The number of ether oxygens (including phenoxy) is 1. The standard InChI is InChI=1S/C17H16N2O3/c20-15-18-16(21,13-7-3-1-4-8-13)17(19(15)11-12-22-17)14-9-5-2-6-10-14/h1-10,21H,11-12H2,(H,18,20). The third-order valence-electron chi connectivity index (χ3n) is 4.39. The molecule has 0 aliphatic carbocycles. The minimum Gasteiger partial charge on any atom is -0.363 e. The number of amides is 2. The lowest BCUT2D eigenvalue weighted by Gasteiger charge is -2.40. The Balaban J connectivity index is 1.96. The number of nitrogens with one attached hydrogen (secondary N) is 1. The van der Waals surface area contributed by atoms with E-state index in [0.717, 1.165) is 5.56 Å². The average molecular weight is 296 g/mol. The molecular weight excluding hydrogens is 280 g/mol. The van der Waals surface area contributed by atoms with E-state index in [1.54, 1.807) is 17.0 Å². The molecule has 2 aromatic rings. The maximum absolute atomic E-state index is 12.4. The molecule has 5 nitrogen and oxygen atoms in total. The zero-order valence-corrected chi connectivity index (χ0v) is 11.9. The molecule has 112 valence electrons. The van der Waals surface area contributed by atoms with Gasteiger partial charge in [-0.05, 0) is 0 Å². The molecule has 2 saturated heterocycles. The van der Waals surface area contributed by atoms with Crippen LogP contribution in [0.15, 0.2) is 60.7 Å². The first-order valence-corrected chi connectivity index (χ1v) is 7.26. The van der Waals surface area contributed by atoms with Crippen molar-refractivity contribution in [2.75, 3.05) is 13.2 Å². The van der Waals surface area contributed by atoms with Gasteiger partial charge in [0.2, 0.25) is 11.4 Å². The summed E-state index contributed by atoms with van der Waals surface area (Å²) in [6, 6.07) is 18.2. The lowest BCUT2D eigenvalue weighted by atomic mass is 9.86. The van der Waals surface area contributed by atoms with Crippen LogP contribution in [0.3, 0.4) is 0 Å². The second-order valence-corrected chi connectivity index (χ2v) is 5.52. The first-order chi connectivity index (χ1) is 10.7. The normalized spacial score (nSPS) is 30.2. The molecule has 4 rings (SSSR count). The van der Waals surface area contributed by atoms with Gasteiger partial charge in [0.1, 0.15) is 0 Å². The average Bonchev–Trinajstić information content (AvgIpc) is 3.10. The molecule has 2 aliphatic heterocycles. The Morgan fingerprint density at radius 1 is 1.00 bits per heavy atom. The van der Waals surface area contributed by atoms with Crippen LogP contribution in [0.4, 0.5) is 4.79 Å². The maximum atomic E-state index is 12.4. The highest BCUT2D eigenvalue weighted by molar-refractivity contribution is 5.80. The Hall–Kier alpha value is -2.37. The summed E-state index contributed by atoms with van der Waals surface area (Å²) in [5.74, 6) is 0. The summed E-state index contributed by atoms with van der Waals surface area (Å²) in [6.07, 6.45) is 0. The molecular formula is C17H16N2O3. The van der Waals surface area contributed by atoms with Crippen molar-refractivity contribution >= 4 is 6.03 Å². The number of benzene rings is 2. The number of hydrogen-bond acceptors (Lipinski definition) is 3. The SMILES string of the molecule is O=C1NC(O)(c2ccccc2)C2(c3ccccc3)OCCN12. The van der Waals surface area contributed by atoms with E-state index in [9.17, 15) is 9.90 Å². The van der Waals surface area contributed by atoms with Crippen LogP contribution >= 0.6 is 0 Å². The zero-order valence-electron chi connectivity index (χ0n) is 11.9. The summed E-state index contributed by atoms with van der Waals surface area (Å²) in [6.45, 7) is 0.827. The van der Waals surface area contributed by atoms with Crippen LogP contribution in [0.25, 0.3) is 0 Å². The summed E-state index contributed by atoms with van der Waals surface area (Å²) in [7, 11) is 0. The van der Waals surface area contributed by atoms with Crippen LogP contribution < -0.4 is 5.32 Å². The van der Waals surface area contributed by atoms with E-state index in [4.69, 9.17) is 4.74 Å². The molecule has 2 atom stereocenters. The first kappa shape index (κ1) is 13.3. The number of fused-ring (bicyclic) bond motifs is 1. The molecule has 22 heavy (non-hydrogen) atoms. The smallest absolute Gasteiger partial charge is 0.322 e. The first-order valence-electron chi connectivity index (χ1n) is 7.26. The quantitative estimate of drug-likeness (QED) is 0.887. The molecule has 2 aromatic carbocycles. The Labute approximate surface area is 128 Å². The Morgan fingerprint density at radius 2 is 1.59 bits per heavy atom. The molecule has 2 amide bonds. The molecule has 2 N–H and O–H groups in total. The van der Waals surface area contributed by atoms with Crippen LogP contribution in [0.1, 0.15) is 11.1 Å². The summed E-state index contributed by atoms with van der Waals surface area (Å²) in [4.78, 5) is 14.0. The van der Waals surface area contributed by atoms with Crippen molar-refractivity contribution in [2.24, 2.45) is 0 Å². The predicted molar refractivity (Wildman–Crippen MR) is 79.6 cm³/mol. The largest absolute Gasteiger partial charge is 0.363 e. The third kappa shape index (κ3) is 1.52.